The van der Waals surface area contributed by atoms with E-state index in [1.807, 2.05) is 12.1 Å². The number of ether oxygens (including phenoxy) is 1. The Morgan fingerprint density at radius 2 is 1.65 bits per heavy atom. The molecular formula is C27H19F3N6O4. The van der Waals surface area contributed by atoms with E-state index in [0.29, 0.717) is 4.57 Å². The van der Waals surface area contributed by atoms with Crippen molar-refractivity contribution in [3.8, 4) is 17.9 Å². The van der Waals surface area contributed by atoms with Crippen molar-refractivity contribution in [2.45, 2.75) is 18.0 Å². The summed E-state index contributed by atoms with van der Waals surface area (Å²) < 4.78 is 55.8. The molecule has 1 amide bonds. The zero-order valence-electron chi connectivity index (χ0n) is 20.9. The highest BCUT2D eigenvalue weighted by Crippen LogP contribution is 2.49. The Hall–Kier alpha value is -5.43. The SMILES string of the molecule is COc1c(C(=O)Nc2cnoc2)nc(C(C(c2ccccc2C#N)c2ccccc2C#N)C(F)(F)F)n(C)c1=O. The Morgan fingerprint density at radius 3 is 2.12 bits per heavy atom. The monoisotopic (exact) mass is 548 g/mol. The molecule has 0 aliphatic carbocycles. The standard InChI is InChI=1S/C27H19F3N6O4/c1-36-24(35-22(23(39-2)26(36)38)25(37)34-17-13-33-40-14-17)21(27(28,29)30)20(18-9-5-3-7-15(18)11-31)19-10-6-4-8-16(19)12-32/h3-10,13-14,20-21H,1-2H3,(H,34,37). The Balaban J connectivity index is 2.06. The summed E-state index contributed by atoms with van der Waals surface area (Å²) in [6.07, 6.45) is -2.87. The van der Waals surface area contributed by atoms with E-state index in [1.165, 1.54) is 48.5 Å². The van der Waals surface area contributed by atoms with Crippen molar-refractivity contribution in [1.29, 1.82) is 10.5 Å². The number of carbonyl (C=O) groups excluding carboxylic acids is 1. The first-order valence-corrected chi connectivity index (χ1v) is 11.5. The number of hydrogen-bond donors (Lipinski definition) is 1. The van der Waals surface area contributed by atoms with Gasteiger partial charge in [0, 0.05) is 13.0 Å². The second-order valence-electron chi connectivity index (χ2n) is 8.48. The van der Waals surface area contributed by atoms with Crippen molar-refractivity contribution in [3.05, 3.63) is 105 Å². The lowest BCUT2D eigenvalue weighted by Gasteiger charge is -2.31. The minimum Gasteiger partial charge on any atom is -0.489 e. The Bertz CT molecular complexity index is 1640. The van der Waals surface area contributed by atoms with Crippen LogP contribution >= 0.6 is 0 Å². The molecule has 2 aromatic carbocycles. The molecule has 2 aromatic heterocycles. The number of carbonyl (C=O) groups is 1. The number of amides is 1. The molecule has 40 heavy (non-hydrogen) atoms. The summed E-state index contributed by atoms with van der Waals surface area (Å²) in [6, 6.07) is 15.1. The number of halogens is 3. The summed E-state index contributed by atoms with van der Waals surface area (Å²) in [4.78, 5) is 30.3. The molecule has 1 atom stereocenters. The van der Waals surface area contributed by atoms with Gasteiger partial charge in [-0.15, -0.1) is 0 Å². The van der Waals surface area contributed by atoms with Gasteiger partial charge < -0.3 is 14.6 Å². The van der Waals surface area contributed by atoms with Crippen LogP contribution < -0.4 is 15.6 Å². The third-order valence-corrected chi connectivity index (χ3v) is 6.19. The van der Waals surface area contributed by atoms with Crippen LogP contribution in [0, 0.1) is 22.7 Å². The minimum atomic E-state index is -5.08. The van der Waals surface area contributed by atoms with E-state index in [4.69, 9.17) is 4.74 Å². The first-order chi connectivity index (χ1) is 19.1. The van der Waals surface area contributed by atoms with Gasteiger partial charge >= 0.3 is 6.18 Å². The van der Waals surface area contributed by atoms with Crippen LogP contribution in [0.5, 0.6) is 5.75 Å². The summed E-state index contributed by atoms with van der Waals surface area (Å²) in [5, 5.41) is 25.3. The molecule has 0 aliphatic rings. The van der Waals surface area contributed by atoms with Crippen molar-refractivity contribution in [2.75, 3.05) is 12.4 Å². The maximum Gasteiger partial charge on any atom is 0.399 e. The van der Waals surface area contributed by atoms with Crippen LogP contribution in [0.25, 0.3) is 0 Å². The predicted octanol–water partition coefficient (Wildman–Crippen LogP) is 4.25. The largest absolute Gasteiger partial charge is 0.489 e. The zero-order valence-corrected chi connectivity index (χ0v) is 20.9. The molecule has 4 aromatic rings. The number of nitriles is 2. The highest BCUT2D eigenvalue weighted by Gasteiger charge is 2.50. The van der Waals surface area contributed by atoms with E-state index < -0.39 is 46.7 Å². The number of nitrogens with zero attached hydrogens (tertiary/aromatic N) is 5. The van der Waals surface area contributed by atoms with Crippen molar-refractivity contribution in [1.82, 2.24) is 14.7 Å². The molecule has 10 nitrogen and oxygen atoms in total. The smallest absolute Gasteiger partial charge is 0.399 e. The van der Waals surface area contributed by atoms with Crippen molar-refractivity contribution < 1.29 is 27.2 Å². The summed E-state index contributed by atoms with van der Waals surface area (Å²) >= 11 is 0. The molecule has 0 saturated heterocycles. The number of anilines is 1. The molecule has 2 heterocycles. The number of hydrogen-bond acceptors (Lipinski definition) is 8. The summed E-state index contributed by atoms with van der Waals surface area (Å²) in [6.45, 7) is 0. The van der Waals surface area contributed by atoms with Crippen LogP contribution in [0.1, 0.15) is 50.4 Å². The van der Waals surface area contributed by atoms with Gasteiger partial charge in [0.05, 0.1) is 36.6 Å². The van der Waals surface area contributed by atoms with Crippen LogP contribution in [0.15, 0.2) is 70.3 Å². The highest BCUT2D eigenvalue weighted by molar-refractivity contribution is 6.04. The van der Waals surface area contributed by atoms with Crippen molar-refractivity contribution in [3.63, 3.8) is 0 Å². The van der Waals surface area contributed by atoms with Gasteiger partial charge in [0.1, 0.15) is 23.7 Å². The fourth-order valence-corrected chi connectivity index (χ4v) is 4.42. The van der Waals surface area contributed by atoms with Crippen LogP contribution in [0.4, 0.5) is 18.9 Å². The predicted molar refractivity (Wildman–Crippen MR) is 133 cm³/mol. The summed E-state index contributed by atoms with van der Waals surface area (Å²) in [5.74, 6) is -6.76. The number of rotatable bonds is 7. The third-order valence-electron chi connectivity index (χ3n) is 6.19. The fourth-order valence-electron chi connectivity index (χ4n) is 4.42. The normalized spacial score (nSPS) is 11.9. The molecule has 0 spiro atoms. The molecule has 0 fully saturated rings. The molecule has 13 heteroatoms. The van der Waals surface area contributed by atoms with E-state index in [1.54, 1.807) is 0 Å². The van der Waals surface area contributed by atoms with E-state index in [2.05, 4.69) is 20.0 Å². The van der Waals surface area contributed by atoms with Gasteiger partial charge in [-0.05, 0) is 23.3 Å². The first kappa shape index (κ1) is 27.6. The Labute approximate surface area is 224 Å². The number of methoxy groups -OCH3 is 1. The van der Waals surface area contributed by atoms with Gasteiger partial charge in [0.25, 0.3) is 11.5 Å². The second-order valence-corrected chi connectivity index (χ2v) is 8.48. The Kier molecular flexibility index (Phi) is 7.68. The van der Waals surface area contributed by atoms with Crippen LogP contribution in [0.2, 0.25) is 0 Å². The molecule has 0 saturated carbocycles. The lowest BCUT2D eigenvalue weighted by molar-refractivity contribution is -0.156. The Morgan fingerprint density at radius 1 is 1.07 bits per heavy atom. The average Bonchev–Trinajstić information content (AvgIpc) is 3.45. The number of nitrogens with one attached hydrogen (secondary N) is 1. The number of aromatic nitrogens is 3. The van der Waals surface area contributed by atoms with Gasteiger partial charge in [-0.2, -0.15) is 23.7 Å². The lowest BCUT2D eigenvalue weighted by Crippen LogP contribution is -2.37. The molecule has 202 valence electrons. The topological polar surface area (TPSA) is 147 Å². The molecule has 4 rings (SSSR count). The summed E-state index contributed by atoms with van der Waals surface area (Å²) in [5.41, 5.74) is -1.94. The van der Waals surface area contributed by atoms with E-state index in [-0.39, 0.29) is 27.9 Å². The first-order valence-electron chi connectivity index (χ1n) is 11.5. The molecule has 1 unspecified atom stereocenters. The number of alkyl halides is 3. The molecule has 1 N–H and O–H groups in total. The average molecular weight is 548 g/mol. The van der Waals surface area contributed by atoms with E-state index >= 15 is 13.2 Å². The van der Waals surface area contributed by atoms with Gasteiger partial charge in [-0.1, -0.05) is 41.6 Å². The van der Waals surface area contributed by atoms with Crippen LogP contribution in [-0.4, -0.2) is 33.9 Å². The van der Waals surface area contributed by atoms with Crippen LogP contribution in [0.3, 0.4) is 0 Å². The fraction of sp³-hybridized carbons (Fsp3) is 0.185. The van der Waals surface area contributed by atoms with E-state index in [9.17, 15) is 20.1 Å². The third kappa shape index (κ3) is 5.13. The quantitative estimate of drug-likeness (QED) is 0.361. The molecule has 0 bridgehead atoms. The van der Waals surface area contributed by atoms with E-state index in [0.717, 1.165) is 26.6 Å². The van der Waals surface area contributed by atoms with Crippen molar-refractivity contribution >= 4 is 11.6 Å². The second kappa shape index (κ2) is 11.1. The van der Waals surface area contributed by atoms with Gasteiger partial charge in [-0.3, -0.25) is 14.2 Å². The zero-order chi connectivity index (χ0) is 29.0. The number of benzene rings is 2. The molecule has 0 aliphatic heterocycles. The maximum atomic E-state index is 15.2. The molecule has 0 radical (unpaired) electrons. The maximum absolute atomic E-state index is 15.2. The van der Waals surface area contributed by atoms with Gasteiger partial charge in [0.2, 0.25) is 5.75 Å². The minimum absolute atomic E-state index is 0.0458. The van der Waals surface area contributed by atoms with Crippen LogP contribution in [-0.2, 0) is 7.05 Å². The van der Waals surface area contributed by atoms with Gasteiger partial charge in [-0.25, -0.2) is 4.98 Å². The lowest BCUT2D eigenvalue weighted by atomic mass is 9.76. The summed E-state index contributed by atoms with van der Waals surface area (Å²) in [7, 11) is 2.14. The van der Waals surface area contributed by atoms with Gasteiger partial charge in [0.15, 0.2) is 5.69 Å². The van der Waals surface area contributed by atoms with Crippen molar-refractivity contribution in [2.24, 2.45) is 7.05 Å². The highest BCUT2D eigenvalue weighted by atomic mass is 19.4. The molecular weight excluding hydrogens is 529 g/mol.